The van der Waals surface area contributed by atoms with Gasteiger partial charge in [0, 0.05) is 4.47 Å². The number of hydrogen-bond donors (Lipinski definition) is 0. The van der Waals surface area contributed by atoms with E-state index in [1.165, 1.54) is 4.90 Å². The minimum Gasteiger partial charge on any atom is -0.487 e. The molecular formula is C24H16BrI2NO3S. The highest BCUT2D eigenvalue weighted by Crippen LogP contribution is 2.36. The lowest BCUT2D eigenvalue weighted by molar-refractivity contribution is -0.123. The summed E-state index contributed by atoms with van der Waals surface area (Å²) in [6, 6.07) is 21.5. The predicted octanol–water partition coefficient (Wildman–Crippen LogP) is 7.47. The fourth-order valence-electron chi connectivity index (χ4n) is 3.12. The van der Waals surface area contributed by atoms with E-state index in [0.717, 1.165) is 45.8 Å². The zero-order valence-corrected chi connectivity index (χ0v) is 23.3. The molecule has 0 saturated carbocycles. The minimum atomic E-state index is -0.273. The lowest BCUT2D eigenvalue weighted by atomic mass is 10.2. The average molecular weight is 732 g/mol. The summed E-state index contributed by atoms with van der Waals surface area (Å²) in [5.74, 6) is 0.541. The van der Waals surface area contributed by atoms with Gasteiger partial charge in [0.15, 0.2) is 0 Å². The van der Waals surface area contributed by atoms with Crippen molar-refractivity contribution in [3.63, 3.8) is 0 Å². The summed E-state index contributed by atoms with van der Waals surface area (Å²) in [5, 5.41) is -0.260. The van der Waals surface area contributed by atoms with Gasteiger partial charge in [0.05, 0.1) is 18.6 Å². The van der Waals surface area contributed by atoms with Crippen LogP contribution in [0.15, 0.2) is 76.1 Å². The maximum absolute atomic E-state index is 12.9. The molecule has 0 radical (unpaired) electrons. The number of imide groups is 1. The van der Waals surface area contributed by atoms with Gasteiger partial charge in [0.25, 0.3) is 11.1 Å². The number of ether oxygens (including phenoxy) is 1. The van der Waals surface area contributed by atoms with Gasteiger partial charge in [0.1, 0.15) is 12.4 Å². The molecule has 32 heavy (non-hydrogen) atoms. The Balaban J connectivity index is 1.51. The van der Waals surface area contributed by atoms with E-state index < -0.39 is 0 Å². The number of nitrogens with zero attached hydrogens (tertiary/aromatic N) is 1. The Bertz CT molecular complexity index is 1190. The fourth-order valence-corrected chi connectivity index (χ4v) is 6.49. The first-order chi connectivity index (χ1) is 15.4. The fraction of sp³-hybridized carbons (Fsp3) is 0.0833. The van der Waals surface area contributed by atoms with Crippen LogP contribution in [0.25, 0.3) is 6.08 Å². The van der Waals surface area contributed by atoms with Crippen molar-refractivity contribution in [2.45, 2.75) is 13.2 Å². The molecule has 4 nitrogen and oxygen atoms in total. The standard InChI is InChI=1S/C24H16BrI2NO3S/c25-18-9-5-4-8-17(18)13-28-23(29)21(32-24(28)30)12-16-10-19(26)22(20(27)11-16)31-14-15-6-2-1-3-7-15/h1-12H,13-14H2/b21-12+. The molecule has 0 bridgehead atoms. The summed E-state index contributed by atoms with van der Waals surface area (Å²) in [5.41, 5.74) is 2.85. The molecular weight excluding hydrogens is 716 g/mol. The van der Waals surface area contributed by atoms with E-state index in [-0.39, 0.29) is 17.7 Å². The lowest BCUT2D eigenvalue weighted by Gasteiger charge is -2.13. The van der Waals surface area contributed by atoms with Crippen LogP contribution in [0, 0.1) is 7.14 Å². The van der Waals surface area contributed by atoms with Gasteiger partial charge in [-0.05, 0) is 97.9 Å². The third-order valence-corrected chi connectivity index (χ3v) is 7.99. The Labute approximate surface area is 226 Å². The van der Waals surface area contributed by atoms with Crippen molar-refractivity contribution < 1.29 is 14.3 Å². The number of amides is 2. The van der Waals surface area contributed by atoms with Crippen LogP contribution in [0.5, 0.6) is 5.75 Å². The minimum absolute atomic E-state index is 0.241. The Kier molecular flexibility index (Phi) is 7.95. The van der Waals surface area contributed by atoms with Crippen LogP contribution in [-0.4, -0.2) is 16.0 Å². The van der Waals surface area contributed by atoms with Gasteiger partial charge in [-0.25, -0.2) is 0 Å². The zero-order chi connectivity index (χ0) is 22.7. The summed E-state index contributed by atoms with van der Waals surface area (Å²) in [6.45, 7) is 0.727. The molecule has 0 aliphatic carbocycles. The SMILES string of the molecule is O=C1S/C(=C/c2cc(I)c(OCc3ccccc3)c(I)c2)C(=O)N1Cc1ccccc1Br. The number of hydrogen-bond acceptors (Lipinski definition) is 4. The van der Waals surface area contributed by atoms with Crippen molar-refractivity contribution in [1.82, 2.24) is 4.90 Å². The highest BCUT2D eigenvalue weighted by molar-refractivity contribution is 14.1. The Hall–Kier alpha value is -1.37. The van der Waals surface area contributed by atoms with Crippen LogP contribution in [0.2, 0.25) is 0 Å². The van der Waals surface area contributed by atoms with Gasteiger partial charge < -0.3 is 4.74 Å². The van der Waals surface area contributed by atoms with Gasteiger partial charge in [-0.3, -0.25) is 14.5 Å². The largest absolute Gasteiger partial charge is 0.487 e. The molecule has 0 unspecified atom stereocenters. The van der Waals surface area contributed by atoms with E-state index in [9.17, 15) is 9.59 Å². The topological polar surface area (TPSA) is 46.6 Å². The average Bonchev–Trinajstić information content (AvgIpc) is 3.02. The highest BCUT2D eigenvalue weighted by atomic mass is 127. The van der Waals surface area contributed by atoms with Crippen LogP contribution in [0.4, 0.5) is 4.79 Å². The first-order valence-electron chi connectivity index (χ1n) is 9.57. The molecule has 1 aliphatic heterocycles. The molecule has 1 fully saturated rings. The van der Waals surface area contributed by atoms with Crippen LogP contribution in [0.3, 0.4) is 0 Å². The number of thioether (sulfide) groups is 1. The number of halogens is 3. The summed E-state index contributed by atoms with van der Waals surface area (Å²) in [6.07, 6.45) is 1.77. The maximum atomic E-state index is 12.9. The normalized spacial score (nSPS) is 15.0. The predicted molar refractivity (Wildman–Crippen MR) is 148 cm³/mol. The van der Waals surface area contributed by atoms with E-state index >= 15 is 0 Å². The van der Waals surface area contributed by atoms with E-state index in [2.05, 4.69) is 61.1 Å². The highest BCUT2D eigenvalue weighted by Gasteiger charge is 2.35. The number of rotatable bonds is 6. The van der Waals surface area contributed by atoms with E-state index in [4.69, 9.17) is 4.74 Å². The first kappa shape index (κ1) is 23.8. The van der Waals surface area contributed by atoms with Gasteiger partial charge >= 0.3 is 0 Å². The van der Waals surface area contributed by atoms with E-state index in [1.807, 2.05) is 66.7 Å². The second-order valence-corrected chi connectivity index (χ2v) is 11.1. The molecule has 4 rings (SSSR count). The monoisotopic (exact) mass is 731 g/mol. The van der Waals surface area contributed by atoms with Crippen molar-refractivity contribution in [3.05, 3.63) is 99.9 Å². The van der Waals surface area contributed by atoms with Crippen LogP contribution < -0.4 is 4.74 Å². The number of benzene rings is 3. The van der Waals surface area contributed by atoms with Gasteiger partial charge in [-0.2, -0.15) is 0 Å². The van der Waals surface area contributed by atoms with Crippen LogP contribution in [0.1, 0.15) is 16.7 Å². The van der Waals surface area contributed by atoms with Gasteiger partial charge in [-0.15, -0.1) is 0 Å². The second kappa shape index (κ2) is 10.7. The second-order valence-electron chi connectivity index (χ2n) is 6.95. The number of carbonyl (C=O) groups excluding carboxylic acids is 2. The molecule has 0 spiro atoms. The summed E-state index contributed by atoms with van der Waals surface area (Å²) in [4.78, 5) is 27.1. The lowest BCUT2D eigenvalue weighted by Crippen LogP contribution is -2.27. The molecule has 1 aliphatic rings. The third kappa shape index (κ3) is 5.57. The van der Waals surface area contributed by atoms with E-state index in [0.29, 0.717) is 11.5 Å². The molecule has 0 N–H and O–H groups in total. The molecule has 8 heteroatoms. The molecule has 0 atom stereocenters. The molecule has 3 aromatic carbocycles. The molecule has 0 aromatic heterocycles. The van der Waals surface area contributed by atoms with Crippen molar-refractivity contribution in [1.29, 1.82) is 0 Å². The smallest absolute Gasteiger partial charge is 0.293 e. The van der Waals surface area contributed by atoms with Crippen molar-refractivity contribution >= 4 is 90.1 Å². The zero-order valence-electron chi connectivity index (χ0n) is 16.6. The third-order valence-electron chi connectivity index (χ3n) is 4.70. The molecule has 2 amide bonds. The molecule has 1 saturated heterocycles. The Morgan fingerprint density at radius 3 is 2.31 bits per heavy atom. The van der Waals surface area contributed by atoms with Crippen molar-refractivity contribution in [2.24, 2.45) is 0 Å². The summed E-state index contributed by atoms with van der Waals surface area (Å²) in [7, 11) is 0. The van der Waals surface area contributed by atoms with Gasteiger partial charge in [0.2, 0.25) is 0 Å². The quantitative estimate of drug-likeness (QED) is 0.195. The Morgan fingerprint density at radius 1 is 0.969 bits per heavy atom. The van der Waals surface area contributed by atoms with Crippen LogP contribution in [-0.2, 0) is 17.9 Å². The number of carbonyl (C=O) groups is 2. The maximum Gasteiger partial charge on any atom is 0.293 e. The van der Waals surface area contributed by atoms with Crippen LogP contribution >= 0.6 is 72.9 Å². The first-order valence-corrected chi connectivity index (χ1v) is 13.3. The van der Waals surface area contributed by atoms with Crippen molar-refractivity contribution in [3.8, 4) is 5.75 Å². The summed E-state index contributed by atoms with van der Waals surface area (Å²) < 4.78 is 8.81. The van der Waals surface area contributed by atoms with E-state index in [1.54, 1.807) is 6.08 Å². The Morgan fingerprint density at radius 2 is 1.62 bits per heavy atom. The van der Waals surface area contributed by atoms with Gasteiger partial charge in [-0.1, -0.05) is 64.5 Å². The summed E-state index contributed by atoms with van der Waals surface area (Å²) >= 11 is 8.93. The molecule has 162 valence electrons. The molecule has 3 aromatic rings. The molecule has 1 heterocycles. The van der Waals surface area contributed by atoms with Crippen molar-refractivity contribution in [2.75, 3.05) is 0 Å².